The van der Waals surface area contributed by atoms with E-state index < -0.39 is 112 Å². The molecule has 16 heteroatoms. The van der Waals surface area contributed by atoms with Crippen LogP contribution >= 0.6 is 0 Å². The van der Waals surface area contributed by atoms with Crippen molar-refractivity contribution in [3.05, 3.63) is 76.9 Å². The molecule has 2 bridgehead atoms. The number of phenols is 1. The molecule has 4 N–H and O–H groups in total. The summed E-state index contributed by atoms with van der Waals surface area (Å²) in [5.74, 6) is -5.76. The van der Waals surface area contributed by atoms with E-state index in [9.17, 15) is 39.3 Å². The second-order valence-corrected chi connectivity index (χ2v) is 18.3. The Balaban J connectivity index is 1.52. The molecule has 330 valence electrons. The van der Waals surface area contributed by atoms with Crippen molar-refractivity contribution < 1.29 is 72.5 Å². The Morgan fingerprint density at radius 3 is 2.11 bits per heavy atom. The lowest BCUT2D eigenvalue weighted by Crippen LogP contribution is -2.79. The minimum Gasteiger partial charge on any atom is -0.508 e. The van der Waals surface area contributed by atoms with Crippen molar-refractivity contribution in [3.63, 3.8) is 0 Å². The average molecular weight is 850 g/mol. The molecule has 0 aromatic heterocycles. The Hall–Kier alpha value is -5.32. The number of hydrogen-bond donors (Lipinski definition) is 4. The summed E-state index contributed by atoms with van der Waals surface area (Å²) >= 11 is 0. The van der Waals surface area contributed by atoms with Gasteiger partial charge in [0.1, 0.15) is 35.3 Å². The highest BCUT2D eigenvalue weighted by atomic mass is 16.6. The maximum atomic E-state index is 15.4. The standard InChI is InChI=1S/C45H55NO15/c1-23-29(58-39(53)33(50)32(26-15-17-28(49)18-16-26)46-40(54)61-41(4,5)6)21-45(55)37(59-38(52)27-13-11-10-12-14-27)35-43(9,20-19-30-44(35,22-56-30)60-25(3)48)36(51)34(57-24(2)47)31(23)42(45,7)8/h10-18,29-30,32-35,37,49-50,55H,19-22H2,1-9H3,(H,46,54)/t29-,30+,32-,33+,34+,35?,37-,43+,44-,45+/m0/s1. The molecule has 61 heavy (non-hydrogen) atoms. The van der Waals surface area contributed by atoms with Crippen molar-refractivity contribution in [2.24, 2.45) is 16.7 Å². The number of fused-ring (bicyclic) bond motifs is 5. The van der Waals surface area contributed by atoms with Crippen LogP contribution in [0.5, 0.6) is 5.75 Å². The van der Waals surface area contributed by atoms with Gasteiger partial charge in [0.15, 0.2) is 23.6 Å². The Morgan fingerprint density at radius 2 is 1.56 bits per heavy atom. The molecule has 1 aliphatic heterocycles. The molecule has 2 aromatic carbocycles. The van der Waals surface area contributed by atoms with Crippen molar-refractivity contribution in [1.82, 2.24) is 5.32 Å². The highest BCUT2D eigenvalue weighted by Gasteiger charge is 2.76. The van der Waals surface area contributed by atoms with E-state index in [1.54, 1.807) is 66.7 Å². The predicted octanol–water partition coefficient (Wildman–Crippen LogP) is 4.57. The number of phenolic OH excluding ortho intramolecular Hbond substituents is 1. The number of amides is 1. The van der Waals surface area contributed by atoms with Crippen molar-refractivity contribution in [2.45, 2.75) is 135 Å². The number of Topliss-reactive ketones (excluding diaryl/α,β-unsaturated/α-hetero) is 1. The van der Waals surface area contributed by atoms with Crippen LogP contribution in [-0.2, 0) is 47.6 Å². The van der Waals surface area contributed by atoms with Gasteiger partial charge in [-0.05, 0) is 81.5 Å². The number of alkyl carbamates (subject to hydrolysis) is 1. The summed E-state index contributed by atoms with van der Waals surface area (Å²) in [5.41, 5.74) is -7.48. The molecule has 16 nitrogen and oxygen atoms in total. The van der Waals surface area contributed by atoms with E-state index in [1.165, 1.54) is 43.3 Å². The number of aliphatic hydroxyl groups excluding tert-OH is 1. The van der Waals surface area contributed by atoms with Gasteiger partial charge < -0.3 is 49.1 Å². The second-order valence-electron chi connectivity index (χ2n) is 18.3. The molecule has 6 rings (SSSR count). The zero-order chi connectivity index (χ0) is 45.0. The summed E-state index contributed by atoms with van der Waals surface area (Å²) in [5, 5.41) is 37.8. The van der Waals surface area contributed by atoms with Crippen LogP contribution in [0.1, 0.15) is 104 Å². The molecule has 10 atom stereocenters. The highest BCUT2D eigenvalue weighted by Crippen LogP contribution is 2.64. The first-order chi connectivity index (χ1) is 28.4. The van der Waals surface area contributed by atoms with E-state index in [2.05, 4.69) is 5.32 Å². The molecule has 3 aliphatic carbocycles. The van der Waals surface area contributed by atoms with Crippen LogP contribution in [0, 0.1) is 16.7 Å². The fourth-order valence-corrected chi connectivity index (χ4v) is 9.84. The van der Waals surface area contributed by atoms with Gasteiger partial charge in [-0.1, -0.05) is 51.1 Å². The second kappa shape index (κ2) is 16.2. The van der Waals surface area contributed by atoms with Crippen LogP contribution in [0.15, 0.2) is 65.7 Å². The van der Waals surface area contributed by atoms with Crippen LogP contribution in [0.2, 0.25) is 0 Å². The lowest BCUT2D eigenvalue weighted by atomic mass is 9.45. The van der Waals surface area contributed by atoms with Gasteiger partial charge in [-0.2, -0.15) is 0 Å². The van der Waals surface area contributed by atoms with Crippen LogP contribution < -0.4 is 5.32 Å². The van der Waals surface area contributed by atoms with E-state index in [0.29, 0.717) is 0 Å². The summed E-state index contributed by atoms with van der Waals surface area (Å²) in [4.78, 5) is 82.8. The maximum absolute atomic E-state index is 15.4. The topological polar surface area (TPSA) is 231 Å². The molecular formula is C45H55NO15. The summed E-state index contributed by atoms with van der Waals surface area (Å²) in [7, 11) is 0. The first kappa shape index (κ1) is 45.2. The normalized spacial score (nSPS) is 31.3. The van der Waals surface area contributed by atoms with Crippen LogP contribution in [0.3, 0.4) is 0 Å². The number of benzene rings is 2. The summed E-state index contributed by atoms with van der Waals surface area (Å²) in [6.45, 7) is 13.3. The predicted molar refractivity (Wildman–Crippen MR) is 213 cm³/mol. The Labute approximate surface area is 353 Å². The third-order valence-electron chi connectivity index (χ3n) is 12.8. The van der Waals surface area contributed by atoms with Gasteiger partial charge in [-0.15, -0.1) is 0 Å². The molecule has 0 radical (unpaired) electrons. The summed E-state index contributed by atoms with van der Waals surface area (Å²) in [6, 6.07) is 11.8. The number of carbonyl (C=O) groups excluding carboxylic acids is 6. The number of hydrogen-bond acceptors (Lipinski definition) is 15. The van der Waals surface area contributed by atoms with E-state index in [-0.39, 0.29) is 47.5 Å². The lowest BCUT2D eigenvalue weighted by Gasteiger charge is -2.66. The molecule has 2 saturated carbocycles. The molecule has 1 heterocycles. The largest absolute Gasteiger partial charge is 0.508 e. The van der Waals surface area contributed by atoms with Gasteiger partial charge in [-0.25, -0.2) is 14.4 Å². The van der Waals surface area contributed by atoms with Gasteiger partial charge >= 0.3 is 30.0 Å². The first-order valence-corrected chi connectivity index (χ1v) is 20.3. The number of ketones is 1. The van der Waals surface area contributed by atoms with E-state index in [0.717, 1.165) is 6.92 Å². The van der Waals surface area contributed by atoms with Crippen LogP contribution in [-0.4, -0.2) is 105 Å². The average Bonchev–Trinajstić information content (AvgIpc) is 3.15. The maximum Gasteiger partial charge on any atom is 0.408 e. The van der Waals surface area contributed by atoms with Gasteiger partial charge in [0, 0.05) is 31.1 Å². The minimum absolute atomic E-state index is 0.0738. The number of esters is 4. The number of carbonyl (C=O) groups is 6. The Kier molecular flexibility index (Phi) is 12.0. The molecule has 0 spiro atoms. The third-order valence-corrected chi connectivity index (χ3v) is 12.8. The Morgan fingerprint density at radius 1 is 0.918 bits per heavy atom. The van der Waals surface area contributed by atoms with Gasteiger partial charge in [0.2, 0.25) is 0 Å². The van der Waals surface area contributed by atoms with Crippen molar-refractivity contribution in [2.75, 3.05) is 6.61 Å². The van der Waals surface area contributed by atoms with E-state index in [4.69, 9.17) is 28.4 Å². The van der Waals surface area contributed by atoms with Crippen molar-refractivity contribution >= 4 is 35.8 Å². The molecule has 1 amide bonds. The summed E-state index contributed by atoms with van der Waals surface area (Å²) in [6.07, 6.45) is -8.87. The van der Waals surface area contributed by atoms with E-state index in [1.807, 2.05) is 0 Å². The van der Waals surface area contributed by atoms with Crippen molar-refractivity contribution in [3.8, 4) is 5.75 Å². The molecular weight excluding hydrogens is 794 g/mol. The number of rotatable bonds is 9. The molecule has 1 unspecified atom stereocenters. The third kappa shape index (κ3) is 8.12. The smallest absolute Gasteiger partial charge is 0.408 e. The molecule has 2 aromatic rings. The monoisotopic (exact) mass is 849 g/mol. The lowest BCUT2D eigenvalue weighted by molar-refractivity contribution is -0.332. The van der Waals surface area contributed by atoms with Gasteiger partial charge in [0.05, 0.1) is 24.1 Å². The van der Waals surface area contributed by atoms with E-state index >= 15 is 4.79 Å². The van der Waals surface area contributed by atoms with Crippen LogP contribution in [0.4, 0.5) is 4.79 Å². The van der Waals surface area contributed by atoms with Gasteiger partial charge in [-0.3, -0.25) is 14.4 Å². The molecule has 1 saturated heterocycles. The van der Waals surface area contributed by atoms with Crippen LogP contribution in [0.25, 0.3) is 0 Å². The van der Waals surface area contributed by atoms with Gasteiger partial charge in [0.25, 0.3) is 0 Å². The number of aliphatic hydroxyl groups is 2. The quantitative estimate of drug-likeness (QED) is 0.154. The summed E-state index contributed by atoms with van der Waals surface area (Å²) < 4.78 is 35.8. The zero-order valence-corrected chi connectivity index (χ0v) is 35.8. The molecule has 3 fully saturated rings. The fourth-order valence-electron chi connectivity index (χ4n) is 9.84. The zero-order valence-electron chi connectivity index (χ0n) is 35.8. The SMILES string of the molecule is CC(=O)O[C@H]1C(=O)[C@]2(C)CC[C@H]3OC[C@@]3(OC(C)=O)C2[C@H](OC(=O)c2ccccc2)[C@]2(O)C[C@H](OC(=O)[C@H](O)[C@@H](NC(=O)OC(C)(C)C)c3ccc(O)cc3)C(C)=C1C2(C)C. The first-order valence-electron chi connectivity index (χ1n) is 20.3. The number of nitrogens with one attached hydrogen (secondary N) is 1. The minimum atomic E-state index is -2.30. The number of ether oxygens (including phenoxy) is 6. The number of aromatic hydroxyl groups is 1. The molecule has 4 aliphatic rings. The Bertz CT molecular complexity index is 2110. The highest BCUT2D eigenvalue weighted by molar-refractivity contribution is 5.95. The van der Waals surface area contributed by atoms with Crippen molar-refractivity contribution in [1.29, 1.82) is 0 Å². The fraction of sp³-hybridized carbons (Fsp3) is 0.556.